The molecule has 0 saturated heterocycles. The van der Waals surface area contributed by atoms with Crippen LogP contribution < -0.4 is 4.90 Å². The van der Waals surface area contributed by atoms with Gasteiger partial charge in [-0.05, 0) is 32.1 Å². The summed E-state index contributed by atoms with van der Waals surface area (Å²) in [5.41, 5.74) is 0.989. The normalized spacial score (nSPS) is 15.6. The smallest absolute Gasteiger partial charge is 0.186 e. The number of aromatic nitrogens is 1. The van der Waals surface area contributed by atoms with Crippen molar-refractivity contribution in [2.45, 2.75) is 52.7 Å². The molecule has 0 amide bonds. The molecule has 1 aliphatic carbocycles. The van der Waals surface area contributed by atoms with E-state index < -0.39 is 0 Å². The van der Waals surface area contributed by atoms with Crippen molar-refractivity contribution in [2.75, 3.05) is 11.4 Å². The van der Waals surface area contributed by atoms with E-state index in [1.54, 1.807) is 11.3 Å². The third-order valence-corrected chi connectivity index (χ3v) is 4.38. The number of aryl methyl sites for hydroxylation is 1. The Kier molecular flexibility index (Phi) is 4.05. The molecule has 0 unspecified atom stereocenters. The van der Waals surface area contributed by atoms with Crippen LogP contribution in [-0.2, 0) is 6.61 Å². The molecule has 17 heavy (non-hydrogen) atoms. The van der Waals surface area contributed by atoms with Crippen molar-refractivity contribution < 1.29 is 5.11 Å². The van der Waals surface area contributed by atoms with Crippen molar-refractivity contribution >= 4 is 16.5 Å². The first kappa shape index (κ1) is 12.8. The maximum absolute atomic E-state index is 9.24. The van der Waals surface area contributed by atoms with E-state index in [-0.39, 0.29) is 6.61 Å². The van der Waals surface area contributed by atoms with Crippen LogP contribution in [0.4, 0.5) is 5.13 Å². The van der Waals surface area contributed by atoms with E-state index in [2.05, 4.69) is 23.7 Å². The summed E-state index contributed by atoms with van der Waals surface area (Å²) in [7, 11) is 0. The second kappa shape index (κ2) is 5.36. The molecule has 1 heterocycles. The van der Waals surface area contributed by atoms with E-state index in [1.165, 1.54) is 19.3 Å². The average Bonchev–Trinajstić information content (AvgIpc) is 3.03. The third kappa shape index (κ3) is 3.19. The van der Waals surface area contributed by atoms with Crippen molar-refractivity contribution in [1.29, 1.82) is 0 Å². The number of thiazole rings is 1. The summed E-state index contributed by atoms with van der Waals surface area (Å²) in [5, 5.41) is 10.3. The van der Waals surface area contributed by atoms with Crippen LogP contribution in [0.2, 0.25) is 0 Å². The lowest BCUT2D eigenvalue weighted by Gasteiger charge is -2.22. The summed E-state index contributed by atoms with van der Waals surface area (Å²) in [6, 6.07) is 0.700. The molecule has 0 radical (unpaired) electrons. The van der Waals surface area contributed by atoms with Crippen molar-refractivity contribution in [3.8, 4) is 0 Å². The lowest BCUT2D eigenvalue weighted by atomic mass is 10.1. The average molecular weight is 254 g/mol. The monoisotopic (exact) mass is 254 g/mol. The Morgan fingerprint density at radius 3 is 2.65 bits per heavy atom. The van der Waals surface area contributed by atoms with Gasteiger partial charge in [0.2, 0.25) is 0 Å². The highest BCUT2D eigenvalue weighted by Gasteiger charge is 2.31. The number of hydrogen-bond donors (Lipinski definition) is 1. The van der Waals surface area contributed by atoms with Gasteiger partial charge in [0.1, 0.15) is 0 Å². The molecule has 4 heteroatoms. The molecule has 0 spiro atoms. The summed E-state index contributed by atoms with van der Waals surface area (Å²) < 4.78 is 0. The second-order valence-electron chi connectivity index (χ2n) is 5.27. The number of aliphatic hydroxyl groups is 1. The maximum Gasteiger partial charge on any atom is 0.186 e. The highest BCUT2D eigenvalue weighted by Crippen LogP contribution is 2.35. The van der Waals surface area contributed by atoms with Gasteiger partial charge in [0.25, 0.3) is 0 Å². The predicted molar refractivity (Wildman–Crippen MR) is 72.6 cm³/mol. The van der Waals surface area contributed by atoms with Crippen LogP contribution in [-0.4, -0.2) is 22.7 Å². The minimum Gasteiger partial charge on any atom is -0.391 e. The minimum absolute atomic E-state index is 0.117. The summed E-state index contributed by atoms with van der Waals surface area (Å²) in [6.45, 7) is 7.72. The van der Waals surface area contributed by atoms with Gasteiger partial charge in [0.05, 0.1) is 17.2 Å². The van der Waals surface area contributed by atoms with Crippen molar-refractivity contribution in [3.05, 3.63) is 10.6 Å². The molecule has 0 aliphatic heterocycles. The second-order valence-corrected chi connectivity index (χ2v) is 6.33. The molecule has 1 aromatic rings. The van der Waals surface area contributed by atoms with E-state index in [9.17, 15) is 5.11 Å². The molecule has 1 N–H and O–H groups in total. The summed E-state index contributed by atoms with van der Waals surface area (Å²) >= 11 is 1.65. The van der Waals surface area contributed by atoms with Gasteiger partial charge in [-0.15, -0.1) is 0 Å². The summed E-state index contributed by atoms with van der Waals surface area (Å²) in [4.78, 5) is 8.06. The van der Waals surface area contributed by atoms with Gasteiger partial charge >= 0.3 is 0 Å². The van der Waals surface area contributed by atoms with Gasteiger partial charge in [-0.2, -0.15) is 0 Å². The standard InChI is InChI=1S/C13H22N2OS/c1-9(2)6-7-15(11-4-5-11)13-14-10(3)12(8-16)17-13/h9,11,16H,4-8H2,1-3H3. The van der Waals surface area contributed by atoms with E-state index in [4.69, 9.17) is 0 Å². The van der Waals surface area contributed by atoms with Crippen molar-refractivity contribution in [2.24, 2.45) is 5.92 Å². The number of aliphatic hydroxyl groups excluding tert-OH is 1. The van der Waals surface area contributed by atoms with Crippen LogP contribution in [0.25, 0.3) is 0 Å². The Balaban J connectivity index is 2.08. The van der Waals surface area contributed by atoms with Gasteiger partial charge in [-0.1, -0.05) is 25.2 Å². The minimum atomic E-state index is 0.117. The molecular weight excluding hydrogens is 232 g/mol. The fraction of sp³-hybridized carbons (Fsp3) is 0.769. The van der Waals surface area contributed by atoms with Crippen LogP contribution in [0.1, 0.15) is 43.7 Å². The molecule has 96 valence electrons. The summed E-state index contributed by atoms with van der Waals surface area (Å²) in [5.74, 6) is 0.731. The zero-order chi connectivity index (χ0) is 12.4. The molecule has 2 rings (SSSR count). The van der Waals surface area contributed by atoms with E-state index in [0.29, 0.717) is 6.04 Å². The molecule has 1 aliphatic rings. The molecule has 0 atom stereocenters. The lowest BCUT2D eigenvalue weighted by molar-refractivity contribution is 0.284. The number of anilines is 1. The Morgan fingerprint density at radius 2 is 2.18 bits per heavy atom. The Hall–Kier alpha value is -0.610. The maximum atomic E-state index is 9.24. The zero-order valence-corrected chi connectivity index (χ0v) is 11.8. The van der Waals surface area contributed by atoms with Crippen LogP contribution in [0.15, 0.2) is 0 Å². The van der Waals surface area contributed by atoms with Crippen LogP contribution in [0, 0.1) is 12.8 Å². The van der Waals surface area contributed by atoms with Gasteiger partial charge in [-0.25, -0.2) is 4.98 Å². The topological polar surface area (TPSA) is 36.4 Å². The van der Waals surface area contributed by atoms with Crippen LogP contribution >= 0.6 is 11.3 Å². The molecule has 1 fully saturated rings. The van der Waals surface area contributed by atoms with Gasteiger partial charge in [0.15, 0.2) is 5.13 Å². The molecule has 0 bridgehead atoms. The van der Waals surface area contributed by atoms with E-state index >= 15 is 0 Å². The van der Waals surface area contributed by atoms with Crippen molar-refractivity contribution in [1.82, 2.24) is 4.98 Å². The first-order valence-corrected chi connectivity index (χ1v) is 7.27. The van der Waals surface area contributed by atoms with Crippen molar-refractivity contribution in [3.63, 3.8) is 0 Å². The number of hydrogen-bond acceptors (Lipinski definition) is 4. The molecule has 1 aromatic heterocycles. The molecule has 0 aromatic carbocycles. The fourth-order valence-electron chi connectivity index (χ4n) is 1.90. The van der Waals surface area contributed by atoms with Gasteiger partial charge in [-0.3, -0.25) is 0 Å². The largest absolute Gasteiger partial charge is 0.391 e. The summed E-state index contributed by atoms with van der Waals surface area (Å²) in [6.07, 6.45) is 3.81. The Morgan fingerprint density at radius 1 is 1.47 bits per heavy atom. The Bertz CT molecular complexity index is 371. The Labute approximate surface area is 107 Å². The highest BCUT2D eigenvalue weighted by atomic mass is 32.1. The SMILES string of the molecule is Cc1nc(N(CCC(C)C)C2CC2)sc1CO. The molecule has 1 saturated carbocycles. The first-order chi connectivity index (χ1) is 8.11. The molecule has 3 nitrogen and oxygen atoms in total. The molecular formula is C13H22N2OS. The zero-order valence-electron chi connectivity index (χ0n) is 10.9. The highest BCUT2D eigenvalue weighted by molar-refractivity contribution is 7.15. The van der Waals surface area contributed by atoms with Crippen LogP contribution in [0.5, 0.6) is 0 Å². The van der Waals surface area contributed by atoms with E-state index in [0.717, 1.165) is 28.2 Å². The third-order valence-electron chi connectivity index (χ3n) is 3.21. The van der Waals surface area contributed by atoms with Gasteiger partial charge in [0, 0.05) is 12.6 Å². The van der Waals surface area contributed by atoms with Gasteiger partial charge < -0.3 is 10.0 Å². The fourth-order valence-corrected chi connectivity index (χ4v) is 2.92. The number of nitrogens with zero attached hydrogens (tertiary/aromatic N) is 2. The lowest BCUT2D eigenvalue weighted by Crippen LogP contribution is -2.27. The number of rotatable bonds is 6. The predicted octanol–water partition coefficient (Wildman–Crippen LogP) is 2.96. The first-order valence-electron chi connectivity index (χ1n) is 6.45. The van der Waals surface area contributed by atoms with Crippen LogP contribution in [0.3, 0.4) is 0 Å². The quantitative estimate of drug-likeness (QED) is 0.848. The van der Waals surface area contributed by atoms with E-state index in [1.807, 2.05) is 6.92 Å².